The fourth-order valence-electron chi connectivity index (χ4n) is 3.42. The molecule has 1 unspecified atom stereocenters. The zero-order valence-corrected chi connectivity index (χ0v) is 18.4. The molecular weight excluding hydrogens is 457 g/mol. The van der Waals surface area contributed by atoms with E-state index < -0.39 is 47.6 Å². The van der Waals surface area contributed by atoms with Crippen LogP contribution >= 0.6 is 0 Å². The van der Waals surface area contributed by atoms with Gasteiger partial charge < -0.3 is 20.7 Å². The van der Waals surface area contributed by atoms with Gasteiger partial charge in [-0.2, -0.15) is 13.2 Å². The minimum Gasteiger partial charge on any atom is -0.497 e. The molecule has 0 saturated carbocycles. The van der Waals surface area contributed by atoms with Crippen LogP contribution in [0.15, 0.2) is 42.5 Å². The number of hydrogen-bond donors (Lipinski definition) is 3. The van der Waals surface area contributed by atoms with E-state index in [2.05, 4.69) is 16.0 Å². The second-order valence-corrected chi connectivity index (χ2v) is 7.66. The van der Waals surface area contributed by atoms with E-state index in [4.69, 9.17) is 4.74 Å². The summed E-state index contributed by atoms with van der Waals surface area (Å²) >= 11 is 0. The van der Waals surface area contributed by atoms with E-state index in [0.717, 1.165) is 19.1 Å². The van der Waals surface area contributed by atoms with Crippen LogP contribution in [0.1, 0.15) is 25.0 Å². The van der Waals surface area contributed by atoms with E-state index in [9.17, 15) is 32.3 Å². The van der Waals surface area contributed by atoms with Crippen LogP contribution in [0.5, 0.6) is 5.75 Å². The van der Waals surface area contributed by atoms with E-state index in [0.29, 0.717) is 22.3 Å². The van der Waals surface area contributed by atoms with E-state index in [1.807, 2.05) is 0 Å². The van der Waals surface area contributed by atoms with Crippen LogP contribution in [0.3, 0.4) is 0 Å². The van der Waals surface area contributed by atoms with Gasteiger partial charge in [-0.25, -0.2) is 4.79 Å². The monoisotopic (exact) mass is 478 g/mol. The SMILES string of the molecule is COc1ccc(C2(C)NC(=O)N(CC(=O)Nc3cc(C(F)(F)F)ccc3NC(C)=O)C2=O)cc1. The van der Waals surface area contributed by atoms with Crippen molar-refractivity contribution in [3.05, 3.63) is 53.6 Å². The van der Waals surface area contributed by atoms with Crippen molar-refractivity contribution in [2.75, 3.05) is 24.3 Å². The first-order valence-corrected chi connectivity index (χ1v) is 9.92. The van der Waals surface area contributed by atoms with Gasteiger partial charge in [-0.1, -0.05) is 12.1 Å². The molecule has 0 radical (unpaired) electrons. The maximum Gasteiger partial charge on any atom is 0.416 e. The summed E-state index contributed by atoms with van der Waals surface area (Å²) in [5.41, 5.74) is -2.48. The number of carbonyl (C=O) groups is 4. The lowest BCUT2D eigenvalue weighted by molar-refractivity contribution is -0.137. The Kier molecular flexibility index (Phi) is 6.53. The largest absolute Gasteiger partial charge is 0.497 e. The van der Waals surface area contributed by atoms with Crippen LogP contribution in [0.2, 0.25) is 0 Å². The Bertz CT molecular complexity index is 1150. The quantitative estimate of drug-likeness (QED) is 0.552. The third-order valence-electron chi connectivity index (χ3n) is 5.18. The van der Waals surface area contributed by atoms with Crippen molar-refractivity contribution in [1.29, 1.82) is 0 Å². The smallest absolute Gasteiger partial charge is 0.416 e. The van der Waals surface area contributed by atoms with Crippen molar-refractivity contribution in [3.8, 4) is 5.75 Å². The van der Waals surface area contributed by atoms with Crippen LogP contribution in [0, 0.1) is 0 Å². The Morgan fingerprint density at radius 3 is 2.26 bits per heavy atom. The Hall–Kier alpha value is -4.09. The van der Waals surface area contributed by atoms with E-state index in [-0.39, 0.29) is 11.4 Å². The highest BCUT2D eigenvalue weighted by Gasteiger charge is 2.49. The molecule has 1 fully saturated rings. The number of amides is 5. The molecule has 12 heteroatoms. The number of imide groups is 1. The van der Waals surface area contributed by atoms with Gasteiger partial charge in [0.05, 0.1) is 24.0 Å². The average molecular weight is 478 g/mol. The molecule has 2 aromatic rings. The Balaban J connectivity index is 1.81. The highest BCUT2D eigenvalue weighted by molar-refractivity contribution is 6.10. The second-order valence-electron chi connectivity index (χ2n) is 7.66. The van der Waals surface area contributed by atoms with Gasteiger partial charge >= 0.3 is 12.2 Å². The number of benzene rings is 2. The van der Waals surface area contributed by atoms with Crippen molar-refractivity contribution < 1.29 is 37.1 Å². The van der Waals surface area contributed by atoms with Crippen molar-refractivity contribution in [3.63, 3.8) is 0 Å². The van der Waals surface area contributed by atoms with Gasteiger partial charge in [0.15, 0.2) is 0 Å². The molecule has 3 N–H and O–H groups in total. The normalized spacial score (nSPS) is 17.9. The maximum absolute atomic E-state index is 13.1. The van der Waals surface area contributed by atoms with Crippen LogP contribution in [0.4, 0.5) is 29.3 Å². The molecule has 5 amide bonds. The molecule has 0 aromatic heterocycles. The molecule has 9 nitrogen and oxygen atoms in total. The number of nitrogens with zero attached hydrogens (tertiary/aromatic N) is 1. The number of alkyl halides is 3. The lowest BCUT2D eigenvalue weighted by Crippen LogP contribution is -2.42. The summed E-state index contributed by atoms with van der Waals surface area (Å²) in [6, 6.07) is 7.93. The molecule has 0 bridgehead atoms. The zero-order valence-electron chi connectivity index (χ0n) is 18.4. The summed E-state index contributed by atoms with van der Waals surface area (Å²) in [4.78, 5) is 50.1. The summed E-state index contributed by atoms with van der Waals surface area (Å²) < 4.78 is 44.4. The van der Waals surface area contributed by atoms with Gasteiger partial charge in [0.2, 0.25) is 11.8 Å². The Morgan fingerprint density at radius 2 is 1.71 bits per heavy atom. The predicted molar refractivity (Wildman–Crippen MR) is 115 cm³/mol. The number of nitrogens with one attached hydrogen (secondary N) is 3. The molecule has 1 saturated heterocycles. The van der Waals surface area contributed by atoms with Crippen LogP contribution < -0.4 is 20.7 Å². The number of anilines is 2. The van der Waals surface area contributed by atoms with Gasteiger partial charge in [0.1, 0.15) is 17.8 Å². The number of urea groups is 1. The van der Waals surface area contributed by atoms with E-state index in [1.54, 1.807) is 24.3 Å². The van der Waals surface area contributed by atoms with Crippen molar-refractivity contribution in [1.82, 2.24) is 10.2 Å². The van der Waals surface area contributed by atoms with Gasteiger partial charge in [-0.15, -0.1) is 0 Å². The van der Waals surface area contributed by atoms with Crippen LogP contribution in [0.25, 0.3) is 0 Å². The van der Waals surface area contributed by atoms with Crippen molar-refractivity contribution >= 4 is 35.1 Å². The summed E-state index contributed by atoms with van der Waals surface area (Å²) in [5.74, 6) is -1.69. The van der Waals surface area contributed by atoms with Gasteiger partial charge in [0, 0.05) is 6.92 Å². The van der Waals surface area contributed by atoms with Crippen molar-refractivity contribution in [2.24, 2.45) is 0 Å². The Morgan fingerprint density at radius 1 is 1.06 bits per heavy atom. The van der Waals surface area contributed by atoms with Crippen LogP contribution in [-0.4, -0.2) is 42.3 Å². The first-order chi connectivity index (χ1) is 15.8. The molecule has 34 heavy (non-hydrogen) atoms. The molecular formula is C22H21F3N4O5. The third-order valence-corrected chi connectivity index (χ3v) is 5.18. The molecule has 1 aliphatic rings. The lowest BCUT2D eigenvalue weighted by Gasteiger charge is -2.22. The minimum absolute atomic E-state index is 0.0749. The number of methoxy groups -OCH3 is 1. The van der Waals surface area contributed by atoms with Gasteiger partial charge in [-0.3, -0.25) is 19.3 Å². The highest BCUT2D eigenvalue weighted by atomic mass is 19.4. The summed E-state index contributed by atoms with van der Waals surface area (Å²) in [5, 5.41) is 7.09. The number of carbonyl (C=O) groups excluding carboxylic acids is 4. The lowest BCUT2D eigenvalue weighted by atomic mass is 9.92. The third kappa shape index (κ3) is 4.95. The fourth-order valence-corrected chi connectivity index (χ4v) is 3.42. The van der Waals surface area contributed by atoms with Crippen molar-refractivity contribution in [2.45, 2.75) is 25.6 Å². The molecule has 1 heterocycles. The molecule has 0 spiro atoms. The fraction of sp³-hybridized carbons (Fsp3) is 0.273. The molecule has 3 rings (SSSR count). The summed E-state index contributed by atoms with van der Waals surface area (Å²) in [7, 11) is 1.47. The molecule has 0 aliphatic carbocycles. The number of hydrogen-bond acceptors (Lipinski definition) is 5. The number of rotatable bonds is 6. The zero-order chi connectivity index (χ0) is 25.3. The maximum atomic E-state index is 13.1. The molecule has 1 atom stereocenters. The second kappa shape index (κ2) is 9.04. The summed E-state index contributed by atoms with van der Waals surface area (Å²) in [6.45, 7) is 1.86. The van der Waals surface area contributed by atoms with Gasteiger partial charge in [-0.05, 0) is 42.8 Å². The average Bonchev–Trinajstić information content (AvgIpc) is 2.97. The first-order valence-electron chi connectivity index (χ1n) is 9.92. The number of halogens is 3. The molecule has 2 aromatic carbocycles. The van der Waals surface area contributed by atoms with Gasteiger partial charge in [0.25, 0.3) is 5.91 Å². The number of ether oxygens (including phenoxy) is 1. The minimum atomic E-state index is -4.70. The molecule has 180 valence electrons. The first kappa shape index (κ1) is 24.6. The Labute approximate surface area is 192 Å². The highest BCUT2D eigenvalue weighted by Crippen LogP contribution is 2.34. The molecule has 1 aliphatic heterocycles. The van der Waals surface area contributed by atoms with E-state index in [1.165, 1.54) is 14.0 Å². The predicted octanol–water partition coefficient (Wildman–Crippen LogP) is 3.08. The summed E-state index contributed by atoms with van der Waals surface area (Å²) in [6.07, 6.45) is -4.70. The van der Waals surface area contributed by atoms with Crippen LogP contribution in [-0.2, 0) is 26.1 Å². The standard InChI is InChI=1S/C22H21F3N4O5/c1-12(30)26-16-9-6-14(22(23,24)25)10-17(16)27-18(31)11-29-19(32)21(2,28-20(29)33)13-4-7-15(34-3)8-5-13/h4-10H,11H2,1-3H3,(H,26,30)(H,27,31)(H,28,33). The van der Waals surface area contributed by atoms with E-state index >= 15 is 0 Å². The topological polar surface area (TPSA) is 117 Å².